The number of hydrogen-bond acceptors (Lipinski definition) is 7. The summed E-state index contributed by atoms with van der Waals surface area (Å²) in [6, 6.07) is 12.7. The summed E-state index contributed by atoms with van der Waals surface area (Å²) in [5, 5.41) is 15.4. The van der Waals surface area contributed by atoms with Gasteiger partial charge in [-0.25, -0.2) is 0 Å². The lowest BCUT2D eigenvalue weighted by Gasteiger charge is -2.42. The molecule has 0 atom stereocenters. The van der Waals surface area contributed by atoms with Crippen molar-refractivity contribution in [3.63, 3.8) is 0 Å². The van der Waals surface area contributed by atoms with Gasteiger partial charge in [-0.1, -0.05) is 20.8 Å². The molecule has 0 unspecified atom stereocenters. The first kappa shape index (κ1) is 27.0. The number of aromatic nitrogens is 6. The average molecular weight is 572 g/mol. The molecule has 40 heavy (non-hydrogen) atoms. The third kappa shape index (κ3) is 5.40. The minimum atomic E-state index is -1.75. The summed E-state index contributed by atoms with van der Waals surface area (Å²) in [6.07, 6.45) is 10.4. The SMILES string of the molecule is Cn1cc(-c2ccc3nnc(Sc4ccc5ncc(N6CCC(O[Si](C)(C)C(C)(C)C)CC6)cc5c4)n3c2)cn1. The summed E-state index contributed by atoms with van der Waals surface area (Å²) in [6.45, 7) is 13.6. The molecule has 10 heteroatoms. The number of pyridine rings is 2. The first-order valence-corrected chi connectivity index (χ1v) is 17.6. The van der Waals surface area contributed by atoms with E-state index >= 15 is 0 Å². The molecule has 0 N–H and O–H groups in total. The van der Waals surface area contributed by atoms with Gasteiger partial charge in [0.05, 0.1) is 23.6 Å². The van der Waals surface area contributed by atoms with Gasteiger partial charge in [0.1, 0.15) is 0 Å². The van der Waals surface area contributed by atoms with Crippen molar-refractivity contribution in [1.82, 2.24) is 29.4 Å². The molecule has 6 rings (SSSR count). The monoisotopic (exact) mass is 571 g/mol. The second-order valence-corrected chi connectivity index (χ2v) is 18.0. The van der Waals surface area contributed by atoms with Crippen molar-refractivity contribution in [1.29, 1.82) is 0 Å². The third-order valence-electron chi connectivity index (χ3n) is 8.33. The van der Waals surface area contributed by atoms with E-state index in [2.05, 4.69) is 90.6 Å². The molecule has 1 aromatic carbocycles. The normalized spacial score (nSPS) is 15.4. The lowest BCUT2D eigenvalue weighted by atomic mass is 10.1. The second kappa shape index (κ2) is 10.3. The maximum absolute atomic E-state index is 6.70. The van der Waals surface area contributed by atoms with Crippen LogP contribution in [0.2, 0.25) is 18.1 Å². The first-order valence-electron chi connectivity index (χ1n) is 13.9. The van der Waals surface area contributed by atoms with Crippen molar-refractivity contribution >= 4 is 42.3 Å². The van der Waals surface area contributed by atoms with Crippen molar-refractivity contribution < 1.29 is 4.43 Å². The van der Waals surface area contributed by atoms with Crippen molar-refractivity contribution in [2.45, 2.75) is 67.9 Å². The van der Waals surface area contributed by atoms with Gasteiger partial charge in [0.25, 0.3) is 0 Å². The summed E-state index contributed by atoms with van der Waals surface area (Å²) in [5.74, 6) is 0. The zero-order valence-electron chi connectivity index (χ0n) is 24.1. The molecule has 0 aliphatic carbocycles. The highest BCUT2D eigenvalue weighted by molar-refractivity contribution is 7.99. The second-order valence-electron chi connectivity index (χ2n) is 12.2. The molecule has 0 amide bonds. The van der Waals surface area contributed by atoms with Crippen LogP contribution in [0, 0.1) is 0 Å². The lowest BCUT2D eigenvalue weighted by molar-refractivity contribution is 0.152. The molecule has 1 fully saturated rings. The minimum absolute atomic E-state index is 0.239. The van der Waals surface area contributed by atoms with Crippen LogP contribution in [0.5, 0.6) is 0 Å². The first-order chi connectivity index (χ1) is 19.1. The highest BCUT2D eigenvalue weighted by atomic mass is 32.2. The van der Waals surface area contributed by atoms with Crippen LogP contribution in [0.1, 0.15) is 33.6 Å². The van der Waals surface area contributed by atoms with E-state index in [1.165, 1.54) is 5.69 Å². The van der Waals surface area contributed by atoms with Crippen molar-refractivity contribution in [3.05, 3.63) is 61.2 Å². The fourth-order valence-corrected chi connectivity index (χ4v) is 7.23. The molecule has 1 saturated heterocycles. The van der Waals surface area contributed by atoms with Crippen LogP contribution in [0.15, 0.2) is 71.2 Å². The summed E-state index contributed by atoms with van der Waals surface area (Å²) in [7, 11) is 0.177. The number of rotatable bonds is 6. The van der Waals surface area contributed by atoms with Gasteiger partial charge in [-0.05, 0) is 79.1 Å². The summed E-state index contributed by atoms with van der Waals surface area (Å²) in [4.78, 5) is 8.34. The molecule has 0 saturated carbocycles. The zero-order chi connectivity index (χ0) is 28.1. The Labute approximate surface area is 240 Å². The Balaban J connectivity index is 1.18. The molecule has 0 bridgehead atoms. The van der Waals surface area contributed by atoms with Crippen LogP contribution in [-0.2, 0) is 11.5 Å². The fourth-order valence-electron chi connectivity index (χ4n) is 4.95. The number of aryl methyl sites for hydroxylation is 1. The Morgan fingerprint density at radius 1 is 0.950 bits per heavy atom. The van der Waals surface area contributed by atoms with Crippen molar-refractivity contribution in [2.75, 3.05) is 18.0 Å². The van der Waals surface area contributed by atoms with E-state index < -0.39 is 8.32 Å². The summed E-state index contributed by atoms with van der Waals surface area (Å²) in [5.41, 5.74) is 5.13. The fraction of sp³-hybridized carbons (Fsp3) is 0.400. The molecule has 1 aliphatic rings. The highest BCUT2D eigenvalue weighted by Crippen LogP contribution is 2.39. The zero-order valence-corrected chi connectivity index (χ0v) is 25.9. The lowest BCUT2D eigenvalue weighted by Crippen LogP contribution is -2.47. The Morgan fingerprint density at radius 3 is 2.48 bits per heavy atom. The van der Waals surface area contributed by atoms with Crippen LogP contribution in [0.25, 0.3) is 27.7 Å². The van der Waals surface area contributed by atoms with Crippen LogP contribution >= 0.6 is 11.8 Å². The number of hydrogen-bond donors (Lipinski definition) is 0. The molecule has 5 aromatic rings. The topological polar surface area (TPSA) is 73.4 Å². The molecule has 0 spiro atoms. The van der Waals surface area contributed by atoms with Gasteiger partial charge in [-0.3, -0.25) is 14.1 Å². The van der Waals surface area contributed by atoms with Crippen LogP contribution in [0.3, 0.4) is 0 Å². The standard InChI is InChI=1S/C30H37N7OSSi/c1-30(2,3)40(5,6)38-25-11-13-36(14-12-25)24-15-22-16-26(8-9-27(22)31-18-24)39-29-34-33-28-10-7-21(20-37(28)29)23-17-32-35(4)19-23/h7-10,15-20,25H,11-14H2,1-6H3. The van der Waals surface area contributed by atoms with E-state index in [0.717, 1.165) is 63.7 Å². The molecule has 0 radical (unpaired) electrons. The molecular weight excluding hydrogens is 535 g/mol. The number of benzene rings is 1. The van der Waals surface area contributed by atoms with Gasteiger partial charge in [0.15, 0.2) is 19.1 Å². The Bertz CT molecular complexity index is 1660. The maximum atomic E-state index is 6.70. The predicted octanol–water partition coefficient (Wildman–Crippen LogP) is 6.82. The van der Waals surface area contributed by atoms with E-state index in [-0.39, 0.29) is 5.04 Å². The van der Waals surface area contributed by atoms with Gasteiger partial charge in [-0.2, -0.15) is 5.10 Å². The average Bonchev–Trinajstić information content (AvgIpc) is 3.53. The van der Waals surface area contributed by atoms with Gasteiger partial charge in [0, 0.05) is 60.0 Å². The summed E-state index contributed by atoms with van der Waals surface area (Å²) < 4.78 is 10.6. The highest BCUT2D eigenvalue weighted by Gasteiger charge is 2.39. The van der Waals surface area contributed by atoms with Gasteiger partial charge in [0.2, 0.25) is 0 Å². The minimum Gasteiger partial charge on any atom is -0.414 e. The van der Waals surface area contributed by atoms with E-state index in [0.29, 0.717) is 6.10 Å². The van der Waals surface area contributed by atoms with Gasteiger partial charge in [-0.15, -0.1) is 10.2 Å². The largest absolute Gasteiger partial charge is 0.414 e. The van der Waals surface area contributed by atoms with Crippen LogP contribution in [0.4, 0.5) is 5.69 Å². The van der Waals surface area contributed by atoms with E-state index in [1.807, 2.05) is 40.8 Å². The van der Waals surface area contributed by atoms with Crippen molar-refractivity contribution in [3.8, 4) is 11.1 Å². The van der Waals surface area contributed by atoms with E-state index in [4.69, 9.17) is 9.41 Å². The third-order valence-corrected chi connectivity index (χ3v) is 13.8. The van der Waals surface area contributed by atoms with E-state index in [1.54, 1.807) is 11.8 Å². The molecule has 4 aromatic heterocycles. The molecule has 5 heterocycles. The van der Waals surface area contributed by atoms with E-state index in [9.17, 15) is 0 Å². The summed E-state index contributed by atoms with van der Waals surface area (Å²) >= 11 is 1.61. The van der Waals surface area contributed by atoms with Gasteiger partial charge >= 0.3 is 0 Å². The van der Waals surface area contributed by atoms with Crippen molar-refractivity contribution in [2.24, 2.45) is 7.05 Å². The quantitative estimate of drug-likeness (QED) is 0.207. The van der Waals surface area contributed by atoms with Crippen LogP contribution in [-0.4, -0.2) is 56.9 Å². The maximum Gasteiger partial charge on any atom is 0.200 e. The van der Waals surface area contributed by atoms with Crippen LogP contribution < -0.4 is 4.90 Å². The number of fused-ring (bicyclic) bond motifs is 2. The molecule has 208 valence electrons. The Hall–Kier alpha value is -3.21. The smallest absolute Gasteiger partial charge is 0.200 e. The Morgan fingerprint density at radius 2 is 1.75 bits per heavy atom. The predicted molar refractivity (Wildman–Crippen MR) is 165 cm³/mol. The molecule has 8 nitrogen and oxygen atoms in total. The van der Waals surface area contributed by atoms with Gasteiger partial charge < -0.3 is 9.33 Å². The number of anilines is 1. The molecular formula is C30H37N7OSSi. The molecule has 1 aliphatic heterocycles. The Kier molecular flexibility index (Phi) is 6.96. The number of piperidine rings is 1. The number of nitrogens with zero attached hydrogens (tertiary/aromatic N) is 7.